The SMILES string of the molecule is COc1ccc(CCON)cc1C. The Balaban J connectivity index is 2.71. The smallest absolute Gasteiger partial charge is 0.121 e. The van der Waals surface area contributed by atoms with Gasteiger partial charge in [-0.05, 0) is 30.5 Å². The number of nitrogens with two attached hydrogens (primary N) is 1. The molecule has 0 atom stereocenters. The molecule has 3 nitrogen and oxygen atoms in total. The number of rotatable bonds is 4. The summed E-state index contributed by atoms with van der Waals surface area (Å²) in [4.78, 5) is 4.51. The molecule has 1 aromatic rings. The monoisotopic (exact) mass is 181 g/mol. The Morgan fingerprint density at radius 2 is 2.15 bits per heavy atom. The molecule has 0 heterocycles. The molecule has 0 saturated heterocycles. The normalized spacial score (nSPS) is 10.1. The lowest BCUT2D eigenvalue weighted by Crippen LogP contribution is -2.03. The molecule has 72 valence electrons. The summed E-state index contributed by atoms with van der Waals surface area (Å²) in [6.45, 7) is 2.57. The fourth-order valence-corrected chi connectivity index (χ4v) is 1.27. The van der Waals surface area contributed by atoms with Gasteiger partial charge < -0.3 is 9.57 Å². The maximum atomic E-state index is 5.15. The van der Waals surface area contributed by atoms with Crippen LogP contribution in [0.4, 0.5) is 0 Å². The Labute approximate surface area is 78.4 Å². The second-order valence-corrected chi connectivity index (χ2v) is 2.92. The molecule has 0 spiro atoms. The molecule has 0 aliphatic heterocycles. The molecule has 0 fully saturated rings. The van der Waals surface area contributed by atoms with Crippen LogP contribution in [-0.2, 0) is 11.3 Å². The van der Waals surface area contributed by atoms with Crippen LogP contribution in [-0.4, -0.2) is 13.7 Å². The van der Waals surface area contributed by atoms with E-state index in [4.69, 9.17) is 10.6 Å². The van der Waals surface area contributed by atoms with Crippen LogP contribution >= 0.6 is 0 Å². The standard InChI is InChI=1S/C10H15NO2/c1-8-7-9(5-6-13-11)3-4-10(8)12-2/h3-4,7H,5-6,11H2,1-2H3. The minimum atomic E-state index is 0.547. The first-order valence-corrected chi connectivity index (χ1v) is 4.23. The van der Waals surface area contributed by atoms with Gasteiger partial charge >= 0.3 is 0 Å². The third-order valence-corrected chi connectivity index (χ3v) is 1.97. The number of hydrogen-bond acceptors (Lipinski definition) is 3. The molecule has 0 bridgehead atoms. The van der Waals surface area contributed by atoms with E-state index in [-0.39, 0.29) is 0 Å². The molecule has 0 amide bonds. The molecule has 3 heteroatoms. The quantitative estimate of drug-likeness (QED) is 0.715. The van der Waals surface area contributed by atoms with Crippen molar-refractivity contribution in [2.24, 2.45) is 5.90 Å². The maximum Gasteiger partial charge on any atom is 0.121 e. The molecule has 0 unspecified atom stereocenters. The van der Waals surface area contributed by atoms with Gasteiger partial charge in [0, 0.05) is 0 Å². The minimum absolute atomic E-state index is 0.547. The second-order valence-electron chi connectivity index (χ2n) is 2.92. The molecule has 1 rings (SSSR count). The average Bonchev–Trinajstić information content (AvgIpc) is 2.15. The average molecular weight is 181 g/mol. The number of benzene rings is 1. The molecule has 2 N–H and O–H groups in total. The zero-order chi connectivity index (χ0) is 9.68. The van der Waals surface area contributed by atoms with Crippen LogP contribution in [0.1, 0.15) is 11.1 Å². The largest absolute Gasteiger partial charge is 0.496 e. The van der Waals surface area contributed by atoms with Gasteiger partial charge in [0.25, 0.3) is 0 Å². The number of hydrogen-bond donors (Lipinski definition) is 1. The predicted molar refractivity (Wildman–Crippen MR) is 51.6 cm³/mol. The summed E-state index contributed by atoms with van der Waals surface area (Å²) in [5.74, 6) is 5.86. The van der Waals surface area contributed by atoms with Crippen LogP contribution in [0.2, 0.25) is 0 Å². The predicted octanol–water partition coefficient (Wildman–Crippen LogP) is 1.44. The number of aryl methyl sites for hydroxylation is 1. The summed E-state index contributed by atoms with van der Waals surface area (Å²) in [5.41, 5.74) is 2.35. The first kappa shape index (κ1) is 10.0. The summed E-state index contributed by atoms with van der Waals surface area (Å²) in [6.07, 6.45) is 0.835. The van der Waals surface area contributed by atoms with Gasteiger partial charge in [-0.25, -0.2) is 5.90 Å². The Bertz CT molecular complexity index is 274. The maximum absolute atomic E-state index is 5.15. The molecule has 0 radical (unpaired) electrons. The third-order valence-electron chi connectivity index (χ3n) is 1.97. The van der Waals surface area contributed by atoms with Crippen molar-refractivity contribution in [2.75, 3.05) is 13.7 Å². The lowest BCUT2D eigenvalue weighted by Gasteiger charge is -2.06. The third kappa shape index (κ3) is 2.72. The Hall–Kier alpha value is -1.06. The molecule has 0 saturated carbocycles. The molecular formula is C10H15NO2. The van der Waals surface area contributed by atoms with Gasteiger partial charge in [-0.15, -0.1) is 0 Å². The molecule has 1 aromatic carbocycles. The van der Waals surface area contributed by atoms with Gasteiger partial charge in [-0.3, -0.25) is 0 Å². The molecule has 0 aromatic heterocycles. The van der Waals surface area contributed by atoms with E-state index >= 15 is 0 Å². The Morgan fingerprint density at radius 3 is 2.69 bits per heavy atom. The molecule has 13 heavy (non-hydrogen) atoms. The van der Waals surface area contributed by atoms with Crippen molar-refractivity contribution in [1.29, 1.82) is 0 Å². The lowest BCUT2D eigenvalue weighted by atomic mass is 10.1. The van der Waals surface area contributed by atoms with Gasteiger partial charge in [-0.2, -0.15) is 0 Å². The lowest BCUT2D eigenvalue weighted by molar-refractivity contribution is 0.141. The Kier molecular flexibility index (Phi) is 3.73. The topological polar surface area (TPSA) is 44.5 Å². The number of methoxy groups -OCH3 is 1. The highest BCUT2D eigenvalue weighted by molar-refractivity contribution is 5.36. The van der Waals surface area contributed by atoms with Gasteiger partial charge in [0.05, 0.1) is 13.7 Å². The molecule has 0 aliphatic rings. The van der Waals surface area contributed by atoms with E-state index in [1.54, 1.807) is 7.11 Å². The van der Waals surface area contributed by atoms with E-state index < -0.39 is 0 Å². The van der Waals surface area contributed by atoms with Crippen molar-refractivity contribution >= 4 is 0 Å². The first-order valence-electron chi connectivity index (χ1n) is 4.23. The fourth-order valence-electron chi connectivity index (χ4n) is 1.27. The zero-order valence-corrected chi connectivity index (χ0v) is 8.04. The van der Waals surface area contributed by atoms with E-state index in [1.165, 1.54) is 5.56 Å². The van der Waals surface area contributed by atoms with E-state index in [9.17, 15) is 0 Å². The fraction of sp³-hybridized carbons (Fsp3) is 0.400. The van der Waals surface area contributed by atoms with Crippen LogP contribution in [0, 0.1) is 6.92 Å². The van der Waals surface area contributed by atoms with Crippen molar-refractivity contribution in [3.8, 4) is 5.75 Å². The van der Waals surface area contributed by atoms with E-state index in [1.807, 2.05) is 19.1 Å². The van der Waals surface area contributed by atoms with Crippen LogP contribution in [0.25, 0.3) is 0 Å². The summed E-state index contributed by atoms with van der Waals surface area (Å²) in [7, 11) is 1.67. The van der Waals surface area contributed by atoms with Crippen LogP contribution in [0.3, 0.4) is 0 Å². The zero-order valence-electron chi connectivity index (χ0n) is 8.04. The van der Waals surface area contributed by atoms with E-state index in [2.05, 4.69) is 10.9 Å². The first-order chi connectivity index (χ1) is 6.27. The summed E-state index contributed by atoms with van der Waals surface area (Å²) >= 11 is 0. The Morgan fingerprint density at radius 1 is 1.38 bits per heavy atom. The van der Waals surface area contributed by atoms with Crippen LogP contribution in [0.15, 0.2) is 18.2 Å². The minimum Gasteiger partial charge on any atom is -0.496 e. The molecular weight excluding hydrogens is 166 g/mol. The van der Waals surface area contributed by atoms with E-state index in [0.717, 1.165) is 17.7 Å². The highest BCUT2D eigenvalue weighted by Crippen LogP contribution is 2.18. The van der Waals surface area contributed by atoms with Crippen LogP contribution in [0.5, 0.6) is 5.75 Å². The van der Waals surface area contributed by atoms with Crippen molar-refractivity contribution in [1.82, 2.24) is 0 Å². The summed E-state index contributed by atoms with van der Waals surface area (Å²) in [5, 5.41) is 0. The van der Waals surface area contributed by atoms with Crippen molar-refractivity contribution in [3.05, 3.63) is 29.3 Å². The van der Waals surface area contributed by atoms with Crippen LogP contribution < -0.4 is 10.6 Å². The highest BCUT2D eigenvalue weighted by atomic mass is 16.6. The highest BCUT2D eigenvalue weighted by Gasteiger charge is 1.99. The van der Waals surface area contributed by atoms with Crippen molar-refractivity contribution in [3.63, 3.8) is 0 Å². The molecule has 0 aliphatic carbocycles. The van der Waals surface area contributed by atoms with Gasteiger partial charge in [0.15, 0.2) is 0 Å². The van der Waals surface area contributed by atoms with Crippen molar-refractivity contribution in [2.45, 2.75) is 13.3 Å². The number of ether oxygens (including phenoxy) is 1. The second kappa shape index (κ2) is 4.84. The summed E-state index contributed by atoms with van der Waals surface area (Å²) in [6, 6.07) is 6.06. The van der Waals surface area contributed by atoms with Gasteiger partial charge in [0.1, 0.15) is 5.75 Å². The van der Waals surface area contributed by atoms with E-state index in [0.29, 0.717) is 6.61 Å². The van der Waals surface area contributed by atoms with Gasteiger partial charge in [0.2, 0.25) is 0 Å². The van der Waals surface area contributed by atoms with Gasteiger partial charge in [-0.1, -0.05) is 12.1 Å². The summed E-state index contributed by atoms with van der Waals surface area (Å²) < 4.78 is 5.15. The van der Waals surface area contributed by atoms with Crippen molar-refractivity contribution < 1.29 is 9.57 Å².